The van der Waals surface area contributed by atoms with Crippen LogP contribution in [0.15, 0.2) is 48.5 Å². The van der Waals surface area contributed by atoms with Gasteiger partial charge >= 0.3 is 0 Å². The van der Waals surface area contributed by atoms with Crippen molar-refractivity contribution in [3.05, 3.63) is 59.7 Å². The van der Waals surface area contributed by atoms with Gasteiger partial charge < -0.3 is 15.0 Å². The van der Waals surface area contributed by atoms with E-state index >= 15 is 0 Å². The van der Waals surface area contributed by atoms with E-state index in [0.717, 1.165) is 17.7 Å². The highest BCUT2D eigenvalue weighted by molar-refractivity contribution is 5.97. The zero-order chi connectivity index (χ0) is 16.9. The Balaban J connectivity index is 1.74. The highest BCUT2D eigenvalue weighted by atomic mass is 16.5. The van der Waals surface area contributed by atoms with Crippen molar-refractivity contribution < 1.29 is 14.3 Å². The van der Waals surface area contributed by atoms with Gasteiger partial charge in [-0.3, -0.25) is 9.59 Å². The van der Waals surface area contributed by atoms with E-state index in [0.29, 0.717) is 24.4 Å². The molecule has 0 fully saturated rings. The molecule has 24 heavy (non-hydrogen) atoms. The molecule has 2 aromatic rings. The fraction of sp³-hybridized carbons (Fsp3) is 0.263. The number of benzene rings is 2. The lowest BCUT2D eigenvalue weighted by Crippen LogP contribution is -2.38. The lowest BCUT2D eigenvalue weighted by molar-refractivity contribution is -0.121. The van der Waals surface area contributed by atoms with E-state index in [-0.39, 0.29) is 18.4 Å². The Morgan fingerprint density at radius 3 is 2.67 bits per heavy atom. The Morgan fingerprint density at radius 1 is 1.17 bits per heavy atom. The van der Waals surface area contributed by atoms with E-state index in [9.17, 15) is 9.59 Å². The number of para-hydroxylation sites is 2. The van der Waals surface area contributed by atoms with Gasteiger partial charge in [0.1, 0.15) is 5.75 Å². The summed E-state index contributed by atoms with van der Waals surface area (Å²) < 4.78 is 5.45. The molecule has 0 radical (unpaired) electrons. The third-order valence-corrected chi connectivity index (χ3v) is 3.90. The fourth-order valence-corrected chi connectivity index (χ4v) is 2.61. The molecule has 0 aliphatic carbocycles. The second-order valence-corrected chi connectivity index (χ2v) is 5.69. The van der Waals surface area contributed by atoms with Crippen LogP contribution < -0.4 is 15.0 Å². The van der Waals surface area contributed by atoms with Gasteiger partial charge in [0.25, 0.3) is 11.8 Å². The molecular formula is C19H20N2O3. The molecule has 0 saturated carbocycles. The largest absolute Gasteiger partial charge is 0.482 e. The van der Waals surface area contributed by atoms with Crippen molar-refractivity contribution in [1.29, 1.82) is 0 Å². The summed E-state index contributed by atoms with van der Waals surface area (Å²) in [6.45, 7) is 3.19. The Hall–Kier alpha value is -2.82. The summed E-state index contributed by atoms with van der Waals surface area (Å²) in [5.74, 6) is 0.572. The first-order valence-electron chi connectivity index (χ1n) is 8.08. The van der Waals surface area contributed by atoms with E-state index < -0.39 is 0 Å². The van der Waals surface area contributed by atoms with Gasteiger partial charge in [0.2, 0.25) is 0 Å². The highest BCUT2D eigenvalue weighted by Crippen LogP contribution is 2.32. The number of ether oxygens (including phenoxy) is 1. The molecule has 1 aliphatic rings. The van der Waals surface area contributed by atoms with Gasteiger partial charge in [-0.05, 0) is 36.2 Å². The third-order valence-electron chi connectivity index (χ3n) is 3.90. The van der Waals surface area contributed by atoms with Gasteiger partial charge in [0, 0.05) is 12.1 Å². The highest BCUT2D eigenvalue weighted by Gasteiger charge is 2.25. The van der Waals surface area contributed by atoms with E-state index in [1.54, 1.807) is 17.0 Å². The summed E-state index contributed by atoms with van der Waals surface area (Å²) >= 11 is 0. The number of carbonyl (C=O) groups is 2. The van der Waals surface area contributed by atoms with Crippen LogP contribution in [-0.2, 0) is 11.3 Å². The lowest BCUT2D eigenvalue weighted by Gasteiger charge is -2.29. The van der Waals surface area contributed by atoms with E-state index in [1.165, 1.54) is 0 Å². The van der Waals surface area contributed by atoms with Gasteiger partial charge in [-0.15, -0.1) is 0 Å². The van der Waals surface area contributed by atoms with Crippen molar-refractivity contribution in [3.63, 3.8) is 0 Å². The van der Waals surface area contributed by atoms with Crippen molar-refractivity contribution in [2.24, 2.45) is 0 Å². The van der Waals surface area contributed by atoms with Crippen LogP contribution in [0.4, 0.5) is 5.69 Å². The Labute approximate surface area is 141 Å². The van der Waals surface area contributed by atoms with E-state index in [4.69, 9.17) is 4.74 Å². The van der Waals surface area contributed by atoms with Gasteiger partial charge in [0.05, 0.1) is 12.2 Å². The lowest BCUT2D eigenvalue weighted by atomic mass is 10.1. The van der Waals surface area contributed by atoms with Crippen LogP contribution in [0.5, 0.6) is 5.75 Å². The van der Waals surface area contributed by atoms with Crippen molar-refractivity contribution >= 4 is 17.5 Å². The molecule has 1 heterocycles. The van der Waals surface area contributed by atoms with E-state index in [1.807, 2.05) is 43.3 Å². The maximum atomic E-state index is 12.2. The molecule has 3 rings (SSSR count). The molecule has 2 amide bonds. The molecule has 0 unspecified atom stereocenters. The average molecular weight is 324 g/mol. The second-order valence-electron chi connectivity index (χ2n) is 5.69. The molecule has 5 heteroatoms. The van der Waals surface area contributed by atoms with Gasteiger partial charge in [0.15, 0.2) is 6.61 Å². The van der Waals surface area contributed by atoms with Gasteiger partial charge in [-0.25, -0.2) is 0 Å². The Kier molecular flexibility index (Phi) is 4.79. The fourth-order valence-electron chi connectivity index (χ4n) is 2.61. The molecule has 0 saturated heterocycles. The van der Waals surface area contributed by atoms with Gasteiger partial charge in [-0.1, -0.05) is 31.2 Å². The van der Waals surface area contributed by atoms with Crippen LogP contribution in [0.1, 0.15) is 29.3 Å². The number of hydrogen-bond donors (Lipinski definition) is 1. The first kappa shape index (κ1) is 16.1. The molecule has 5 nitrogen and oxygen atoms in total. The molecule has 0 atom stereocenters. The normalized spacial score (nSPS) is 13.2. The summed E-state index contributed by atoms with van der Waals surface area (Å²) in [4.78, 5) is 25.8. The second kappa shape index (κ2) is 7.17. The van der Waals surface area contributed by atoms with Gasteiger partial charge in [-0.2, -0.15) is 0 Å². The molecule has 0 spiro atoms. The van der Waals surface area contributed by atoms with Crippen LogP contribution >= 0.6 is 0 Å². The number of fused-ring (bicyclic) bond motifs is 1. The number of carbonyl (C=O) groups excluding carboxylic acids is 2. The summed E-state index contributed by atoms with van der Waals surface area (Å²) in [7, 11) is 0. The molecule has 0 aromatic heterocycles. The Morgan fingerprint density at radius 2 is 1.92 bits per heavy atom. The monoisotopic (exact) mass is 324 g/mol. The van der Waals surface area contributed by atoms with Crippen LogP contribution in [0, 0.1) is 0 Å². The summed E-state index contributed by atoms with van der Waals surface area (Å²) in [6.07, 6.45) is 0.905. The predicted octanol–water partition coefficient (Wildman–Crippen LogP) is 2.75. The summed E-state index contributed by atoms with van der Waals surface area (Å²) in [5, 5.41) is 2.85. The van der Waals surface area contributed by atoms with Crippen LogP contribution in [0.2, 0.25) is 0 Å². The minimum atomic E-state index is -0.0730. The molecule has 1 N–H and O–H groups in total. The molecule has 2 aromatic carbocycles. The number of anilines is 1. The topological polar surface area (TPSA) is 58.6 Å². The first-order chi connectivity index (χ1) is 11.7. The molecule has 0 bridgehead atoms. The number of hydrogen-bond acceptors (Lipinski definition) is 3. The number of nitrogens with one attached hydrogen (secondary N) is 1. The van der Waals surface area contributed by atoms with E-state index in [2.05, 4.69) is 5.32 Å². The average Bonchev–Trinajstić information content (AvgIpc) is 2.62. The van der Waals surface area contributed by atoms with Crippen molar-refractivity contribution in [3.8, 4) is 5.75 Å². The maximum Gasteiger partial charge on any atom is 0.265 e. The quantitative estimate of drug-likeness (QED) is 0.920. The minimum absolute atomic E-state index is 0.0501. The van der Waals surface area contributed by atoms with Crippen LogP contribution in [0.25, 0.3) is 0 Å². The Bertz CT molecular complexity index is 741. The third kappa shape index (κ3) is 3.40. The maximum absolute atomic E-state index is 12.2. The van der Waals surface area contributed by atoms with Crippen molar-refractivity contribution in [1.82, 2.24) is 5.32 Å². The van der Waals surface area contributed by atoms with Crippen molar-refractivity contribution in [2.45, 2.75) is 19.9 Å². The molecule has 124 valence electrons. The number of amides is 2. The molecular weight excluding hydrogens is 304 g/mol. The smallest absolute Gasteiger partial charge is 0.265 e. The summed E-state index contributed by atoms with van der Waals surface area (Å²) in [6, 6.07) is 14.8. The van der Waals surface area contributed by atoms with Crippen LogP contribution in [0.3, 0.4) is 0 Å². The predicted molar refractivity (Wildman–Crippen MR) is 92.2 cm³/mol. The minimum Gasteiger partial charge on any atom is -0.482 e. The molecule has 1 aliphatic heterocycles. The zero-order valence-corrected chi connectivity index (χ0v) is 13.6. The van der Waals surface area contributed by atoms with Crippen LogP contribution in [-0.4, -0.2) is 25.0 Å². The number of nitrogens with zero attached hydrogens (tertiary/aromatic N) is 1. The standard InChI is InChI=1S/C19H20N2O3/c1-2-11-20-19(23)15-9-7-14(8-10-15)12-21-16-5-3-4-6-17(16)24-13-18(21)22/h3-10H,2,11-13H2,1H3,(H,20,23). The number of rotatable bonds is 5. The van der Waals surface area contributed by atoms with Crippen molar-refractivity contribution in [2.75, 3.05) is 18.1 Å². The summed E-state index contributed by atoms with van der Waals surface area (Å²) in [5.41, 5.74) is 2.37. The first-order valence-corrected chi connectivity index (χ1v) is 8.08. The SMILES string of the molecule is CCCNC(=O)c1ccc(CN2C(=O)COc3ccccc32)cc1. The zero-order valence-electron chi connectivity index (χ0n) is 13.6.